The second-order valence-corrected chi connectivity index (χ2v) is 6.33. The monoisotopic (exact) mass is 322 g/mol. The SMILES string of the molecule is CCC(OC(=O)COc1ccc(Cl)cc1C)P(=O)(O)O. The van der Waals surface area contributed by atoms with Gasteiger partial charge in [0.25, 0.3) is 0 Å². The first-order valence-electron chi connectivity index (χ1n) is 5.87. The first kappa shape index (κ1) is 17.0. The van der Waals surface area contributed by atoms with E-state index in [1.807, 2.05) is 0 Å². The Bertz CT molecular complexity index is 527. The van der Waals surface area contributed by atoms with Crippen LogP contribution in [0.5, 0.6) is 5.75 Å². The lowest BCUT2D eigenvalue weighted by molar-refractivity contribution is -0.148. The Balaban J connectivity index is 2.57. The third-order valence-electron chi connectivity index (χ3n) is 2.47. The summed E-state index contributed by atoms with van der Waals surface area (Å²) in [7, 11) is -4.46. The zero-order valence-corrected chi connectivity index (χ0v) is 12.7. The number of carbonyl (C=O) groups is 1. The quantitative estimate of drug-likeness (QED) is 0.617. The normalized spacial score (nSPS) is 12.8. The second-order valence-electron chi connectivity index (χ2n) is 4.14. The van der Waals surface area contributed by atoms with Gasteiger partial charge in [0, 0.05) is 5.02 Å². The van der Waals surface area contributed by atoms with Crippen molar-refractivity contribution in [3.63, 3.8) is 0 Å². The number of ether oxygens (including phenoxy) is 2. The fraction of sp³-hybridized carbons (Fsp3) is 0.417. The molecule has 0 aliphatic carbocycles. The molecule has 0 amide bonds. The highest BCUT2D eigenvalue weighted by molar-refractivity contribution is 7.52. The van der Waals surface area contributed by atoms with Crippen LogP contribution in [0.1, 0.15) is 18.9 Å². The maximum Gasteiger partial charge on any atom is 0.365 e. The molecule has 1 aromatic carbocycles. The molecular weight excluding hydrogens is 307 g/mol. The molecule has 1 unspecified atom stereocenters. The van der Waals surface area contributed by atoms with Gasteiger partial charge in [-0.25, -0.2) is 4.79 Å². The molecule has 0 radical (unpaired) electrons. The Labute approximate surface area is 121 Å². The molecule has 0 aromatic heterocycles. The number of hydrogen-bond donors (Lipinski definition) is 2. The summed E-state index contributed by atoms with van der Waals surface area (Å²) in [6.45, 7) is 2.84. The summed E-state index contributed by atoms with van der Waals surface area (Å²) in [5.74, 6) is -1.82. The summed E-state index contributed by atoms with van der Waals surface area (Å²) in [5.41, 5.74) is 0.743. The number of esters is 1. The molecule has 0 aliphatic heterocycles. The predicted octanol–water partition coefficient (Wildman–Crippen LogP) is 2.48. The van der Waals surface area contributed by atoms with E-state index in [9.17, 15) is 9.36 Å². The highest BCUT2D eigenvalue weighted by atomic mass is 35.5. The van der Waals surface area contributed by atoms with Gasteiger partial charge in [0.2, 0.25) is 5.85 Å². The highest BCUT2D eigenvalue weighted by Crippen LogP contribution is 2.43. The van der Waals surface area contributed by atoms with E-state index in [-0.39, 0.29) is 6.42 Å². The Morgan fingerprint density at radius 2 is 2.10 bits per heavy atom. The Morgan fingerprint density at radius 1 is 1.45 bits per heavy atom. The van der Waals surface area contributed by atoms with E-state index in [0.29, 0.717) is 10.8 Å². The number of rotatable bonds is 6. The fourth-order valence-electron chi connectivity index (χ4n) is 1.49. The molecule has 0 saturated carbocycles. The number of aryl methyl sites for hydroxylation is 1. The maximum atomic E-state index is 11.5. The molecule has 8 heteroatoms. The maximum absolute atomic E-state index is 11.5. The smallest absolute Gasteiger partial charge is 0.365 e. The van der Waals surface area contributed by atoms with Crippen molar-refractivity contribution in [3.8, 4) is 5.75 Å². The highest BCUT2D eigenvalue weighted by Gasteiger charge is 2.30. The lowest BCUT2D eigenvalue weighted by Gasteiger charge is -2.17. The van der Waals surface area contributed by atoms with Gasteiger partial charge in [-0.2, -0.15) is 0 Å². The van der Waals surface area contributed by atoms with Gasteiger partial charge in [0.1, 0.15) is 5.75 Å². The largest absolute Gasteiger partial charge is 0.482 e. The molecule has 1 rings (SSSR count). The van der Waals surface area contributed by atoms with Crippen molar-refractivity contribution in [2.75, 3.05) is 6.61 Å². The Hall–Kier alpha value is -1.07. The molecule has 1 atom stereocenters. The molecule has 20 heavy (non-hydrogen) atoms. The summed E-state index contributed by atoms with van der Waals surface area (Å²) in [6.07, 6.45) is 0.0238. The van der Waals surface area contributed by atoms with Crippen LogP contribution in [0.25, 0.3) is 0 Å². The van der Waals surface area contributed by atoms with Crippen LogP contribution < -0.4 is 4.74 Å². The summed E-state index contributed by atoms with van der Waals surface area (Å²) in [6, 6.07) is 4.89. The van der Waals surface area contributed by atoms with Crippen molar-refractivity contribution >= 4 is 25.2 Å². The van der Waals surface area contributed by atoms with E-state index in [1.165, 1.54) is 6.92 Å². The van der Waals surface area contributed by atoms with Crippen molar-refractivity contribution in [3.05, 3.63) is 28.8 Å². The first-order valence-corrected chi connectivity index (χ1v) is 7.93. The van der Waals surface area contributed by atoms with Crippen molar-refractivity contribution < 1.29 is 28.6 Å². The van der Waals surface area contributed by atoms with Crippen LogP contribution in [0.3, 0.4) is 0 Å². The van der Waals surface area contributed by atoms with Gasteiger partial charge in [-0.3, -0.25) is 4.57 Å². The van der Waals surface area contributed by atoms with E-state index >= 15 is 0 Å². The molecule has 0 spiro atoms. The number of hydrogen-bond acceptors (Lipinski definition) is 4. The van der Waals surface area contributed by atoms with Crippen LogP contribution in [0, 0.1) is 6.92 Å². The van der Waals surface area contributed by atoms with Gasteiger partial charge in [-0.15, -0.1) is 0 Å². The number of benzene rings is 1. The molecule has 112 valence electrons. The van der Waals surface area contributed by atoms with Crippen molar-refractivity contribution in [1.29, 1.82) is 0 Å². The molecule has 2 N–H and O–H groups in total. The number of carbonyl (C=O) groups excluding carboxylic acids is 1. The van der Waals surface area contributed by atoms with Gasteiger partial charge in [-0.1, -0.05) is 18.5 Å². The molecule has 0 fully saturated rings. The molecular formula is C12H16ClO6P. The molecule has 0 heterocycles. The van der Waals surface area contributed by atoms with Crippen LogP contribution in [-0.4, -0.2) is 28.2 Å². The summed E-state index contributed by atoms with van der Waals surface area (Å²) in [5, 5.41) is 0.546. The molecule has 0 aliphatic rings. The topological polar surface area (TPSA) is 93.1 Å². The minimum absolute atomic E-state index is 0.0238. The molecule has 1 aromatic rings. The van der Waals surface area contributed by atoms with Crippen LogP contribution >= 0.6 is 19.2 Å². The van der Waals surface area contributed by atoms with Crippen LogP contribution in [0.2, 0.25) is 5.02 Å². The van der Waals surface area contributed by atoms with Crippen LogP contribution in [-0.2, 0) is 14.1 Å². The van der Waals surface area contributed by atoms with E-state index in [4.69, 9.17) is 30.9 Å². The predicted molar refractivity (Wildman–Crippen MR) is 73.9 cm³/mol. The molecule has 0 saturated heterocycles. The average Bonchev–Trinajstić information content (AvgIpc) is 2.33. The third-order valence-corrected chi connectivity index (χ3v) is 3.93. The molecule has 6 nitrogen and oxygen atoms in total. The Morgan fingerprint density at radius 3 is 2.60 bits per heavy atom. The van der Waals surface area contributed by atoms with Gasteiger partial charge in [0.05, 0.1) is 0 Å². The lowest BCUT2D eigenvalue weighted by Crippen LogP contribution is -2.22. The van der Waals surface area contributed by atoms with E-state index < -0.39 is 26.0 Å². The summed E-state index contributed by atoms with van der Waals surface area (Å²) < 4.78 is 20.9. The van der Waals surface area contributed by atoms with Crippen LogP contribution in [0.15, 0.2) is 18.2 Å². The Kier molecular flexibility index (Phi) is 6.02. The van der Waals surface area contributed by atoms with Crippen LogP contribution in [0.4, 0.5) is 0 Å². The van der Waals surface area contributed by atoms with E-state index in [2.05, 4.69) is 0 Å². The minimum atomic E-state index is -4.46. The fourth-order valence-corrected chi connectivity index (χ4v) is 2.44. The number of halogens is 1. The van der Waals surface area contributed by atoms with Gasteiger partial charge in [0.15, 0.2) is 6.61 Å². The van der Waals surface area contributed by atoms with Crippen molar-refractivity contribution in [2.24, 2.45) is 0 Å². The first-order chi connectivity index (χ1) is 9.24. The minimum Gasteiger partial charge on any atom is -0.482 e. The summed E-state index contributed by atoms with van der Waals surface area (Å²) in [4.78, 5) is 29.4. The second kappa shape index (κ2) is 7.09. The van der Waals surface area contributed by atoms with Gasteiger partial charge < -0.3 is 19.3 Å². The lowest BCUT2D eigenvalue weighted by atomic mass is 10.2. The van der Waals surface area contributed by atoms with Gasteiger partial charge in [-0.05, 0) is 37.1 Å². The summed E-state index contributed by atoms with van der Waals surface area (Å²) >= 11 is 5.78. The zero-order valence-electron chi connectivity index (χ0n) is 11.1. The molecule has 0 bridgehead atoms. The van der Waals surface area contributed by atoms with Crippen molar-refractivity contribution in [1.82, 2.24) is 0 Å². The third kappa shape index (κ3) is 5.13. The zero-order chi connectivity index (χ0) is 15.3. The van der Waals surface area contributed by atoms with Crippen molar-refractivity contribution in [2.45, 2.75) is 26.1 Å². The average molecular weight is 323 g/mol. The van der Waals surface area contributed by atoms with E-state index in [0.717, 1.165) is 5.56 Å². The standard InChI is InChI=1S/C12H16ClO6P/c1-3-12(20(15,16)17)19-11(14)7-18-10-5-4-9(13)6-8(10)2/h4-6,12H,3,7H2,1-2H3,(H2,15,16,17). The van der Waals surface area contributed by atoms with E-state index in [1.54, 1.807) is 25.1 Å². The van der Waals surface area contributed by atoms with Gasteiger partial charge >= 0.3 is 13.6 Å².